The minimum Gasteiger partial charge on any atom is -0.462 e. The molecule has 0 aromatic rings. The van der Waals surface area contributed by atoms with Crippen LogP contribution in [0.2, 0.25) is 0 Å². The van der Waals surface area contributed by atoms with Gasteiger partial charge in [-0.25, -0.2) is 0 Å². The van der Waals surface area contributed by atoms with Crippen LogP contribution in [0.3, 0.4) is 0 Å². The molecule has 348 valence electrons. The van der Waals surface area contributed by atoms with Gasteiger partial charge < -0.3 is 20.3 Å². The lowest BCUT2D eigenvalue weighted by molar-refractivity contribution is -0.151. The summed E-state index contributed by atoms with van der Waals surface area (Å²) in [5, 5.41) is 23.8. The summed E-state index contributed by atoms with van der Waals surface area (Å²) in [6.45, 7) is 6.43. The first-order valence-corrected chi connectivity index (χ1v) is 26.1. The lowest BCUT2D eigenvalue weighted by Gasteiger charge is -2.24. The fourth-order valence-corrected chi connectivity index (χ4v) is 8.02. The van der Waals surface area contributed by atoms with Crippen LogP contribution >= 0.6 is 0 Å². The quantitative estimate of drug-likeness (QED) is 0.0322. The molecule has 6 heteroatoms. The Hall–Kier alpha value is -1.66. The first-order chi connectivity index (χ1) is 29.0. The largest absolute Gasteiger partial charge is 0.462 e. The topological polar surface area (TPSA) is 95.9 Å². The molecule has 0 aromatic carbocycles. The van der Waals surface area contributed by atoms with Gasteiger partial charge in [0.05, 0.1) is 25.2 Å². The molecular weight excluding hydrogens is 731 g/mol. The normalized spacial score (nSPS) is 13.4. The summed E-state index contributed by atoms with van der Waals surface area (Å²) in [7, 11) is 0. The second-order valence-corrected chi connectivity index (χ2v) is 17.9. The first-order valence-electron chi connectivity index (χ1n) is 26.1. The Morgan fingerprint density at radius 2 is 0.847 bits per heavy atom. The molecule has 0 rings (SSSR count). The molecule has 0 heterocycles. The van der Waals surface area contributed by atoms with Gasteiger partial charge in [-0.3, -0.25) is 9.59 Å². The molecule has 0 radical (unpaired) electrons. The SMILES string of the molecule is CCC/C=C\CCCCCCCC(=O)OC(CCCCCCC/C=C\CCCCCC)CC(=O)NC(CO)C(O)CCCCCCCCCCCCCCCCCCC. The van der Waals surface area contributed by atoms with Gasteiger partial charge >= 0.3 is 5.97 Å². The van der Waals surface area contributed by atoms with Crippen molar-refractivity contribution in [3.63, 3.8) is 0 Å². The number of aliphatic hydroxyl groups is 2. The van der Waals surface area contributed by atoms with E-state index < -0.39 is 18.2 Å². The van der Waals surface area contributed by atoms with Gasteiger partial charge in [-0.15, -0.1) is 0 Å². The summed E-state index contributed by atoms with van der Waals surface area (Å²) < 4.78 is 5.91. The molecule has 0 aromatic heterocycles. The van der Waals surface area contributed by atoms with Crippen LogP contribution in [0, 0.1) is 0 Å². The third-order valence-corrected chi connectivity index (χ3v) is 12.0. The summed E-state index contributed by atoms with van der Waals surface area (Å²) in [6.07, 6.45) is 53.8. The second kappa shape index (κ2) is 47.4. The number of ether oxygens (including phenoxy) is 1. The van der Waals surface area contributed by atoms with Crippen molar-refractivity contribution in [2.75, 3.05) is 6.61 Å². The van der Waals surface area contributed by atoms with Gasteiger partial charge in [0, 0.05) is 6.42 Å². The highest BCUT2D eigenvalue weighted by Gasteiger charge is 2.24. The summed E-state index contributed by atoms with van der Waals surface area (Å²) in [4.78, 5) is 26.1. The molecule has 0 aliphatic rings. The Bertz CT molecular complexity index is 935. The highest BCUT2D eigenvalue weighted by molar-refractivity contribution is 5.77. The molecule has 3 unspecified atom stereocenters. The van der Waals surface area contributed by atoms with Crippen molar-refractivity contribution in [1.29, 1.82) is 0 Å². The van der Waals surface area contributed by atoms with Gasteiger partial charge in [0.25, 0.3) is 0 Å². The third kappa shape index (κ3) is 42.8. The van der Waals surface area contributed by atoms with Crippen molar-refractivity contribution >= 4 is 11.9 Å². The first kappa shape index (κ1) is 57.3. The van der Waals surface area contributed by atoms with E-state index in [1.54, 1.807) is 0 Å². The average molecular weight is 832 g/mol. The lowest BCUT2D eigenvalue weighted by atomic mass is 10.0. The van der Waals surface area contributed by atoms with Gasteiger partial charge in [-0.1, -0.05) is 218 Å². The minimum atomic E-state index is -0.787. The number of unbranched alkanes of at least 4 members (excludes halogenated alkanes) is 31. The minimum absolute atomic E-state index is 0.0721. The molecule has 0 spiro atoms. The molecule has 0 aliphatic heterocycles. The van der Waals surface area contributed by atoms with E-state index >= 15 is 0 Å². The van der Waals surface area contributed by atoms with Crippen LogP contribution in [-0.2, 0) is 14.3 Å². The van der Waals surface area contributed by atoms with Crippen molar-refractivity contribution in [3.8, 4) is 0 Å². The van der Waals surface area contributed by atoms with E-state index in [0.29, 0.717) is 19.3 Å². The number of esters is 1. The maximum absolute atomic E-state index is 13.2. The zero-order valence-electron chi connectivity index (χ0n) is 39.7. The number of hydrogen-bond donors (Lipinski definition) is 3. The summed E-state index contributed by atoms with van der Waals surface area (Å²) >= 11 is 0. The molecule has 3 atom stereocenters. The molecule has 1 amide bonds. The van der Waals surface area contributed by atoms with Crippen LogP contribution in [0.15, 0.2) is 24.3 Å². The number of amides is 1. The molecule has 59 heavy (non-hydrogen) atoms. The molecule has 0 saturated heterocycles. The van der Waals surface area contributed by atoms with E-state index in [1.165, 1.54) is 161 Å². The van der Waals surface area contributed by atoms with E-state index in [-0.39, 0.29) is 24.9 Å². The Balaban J connectivity index is 4.47. The number of hydrogen-bond acceptors (Lipinski definition) is 5. The Kier molecular flexibility index (Phi) is 46.1. The van der Waals surface area contributed by atoms with Gasteiger partial charge in [-0.05, 0) is 70.6 Å². The van der Waals surface area contributed by atoms with E-state index in [4.69, 9.17) is 4.74 Å². The smallest absolute Gasteiger partial charge is 0.306 e. The van der Waals surface area contributed by atoms with Crippen LogP contribution < -0.4 is 5.32 Å². The molecule has 0 bridgehead atoms. The predicted octanol–water partition coefficient (Wildman–Crippen LogP) is 15.5. The van der Waals surface area contributed by atoms with Gasteiger partial charge in [0.15, 0.2) is 0 Å². The number of carbonyl (C=O) groups excluding carboxylic acids is 2. The summed E-state index contributed by atoms with van der Waals surface area (Å²) in [5.74, 6) is -0.484. The highest BCUT2D eigenvalue weighted by Crippen LogP contribution is 2.18. The molecular formula is C53H101NO5. The maximum atomic E-state index is 13.2. The van der Waals surface area contributed by atoms with Crippen molar-refractivity contribution in [1.82, 2.24) is 5.32 Å². The van der Waals surface area contributed by atoms with E-state index in [0.717, 1.165) is 70.6 Å². The van der Waals surface area contributed by atoms with Gasteiger partial charge in [0.1, 0.15) is 6.10 Å². The van der Waals surface area contributed by atoms with Crippen molar-refractivity contribution in [2.45, 2.75) is 296 Å². The maximum Gasteiger partial charge on any atom is 0.306 e. The number of allylic oxidation sites excluding steroid dienone is 4. The van der Waals surface area contributed by atoms with E-state index in [1.807, 2.05) is 0 Å². The Morgan fingerprint density at radius 1 is 0.475 bits per heavy atom. The summed E-state index contributed by atoms with van der Waals surface area (Å²) in [5.41, 5.74) is 0. The van der Waals surface area contributed by atoms with Gasteiger partial charge in [-0.2, -0.15) is 0 Å². The third-order valence-electron chi connectivity index (χ3n) is 12.0. The monoisotopic (exact) mass is 832 g/mol. The standard InChI is InChI=1S/C53H101NO5/c1-4-7-10-13-16-19-22-24-25-26-27-29-31-33-36-39-42-45-51(56)50(48-55)54-52(57)47-49(44-41-38-35-32-30-28-23-20-17-14-11-8-5-2)59-53(58)46-43-40-37-34-21-18-15-12-9-6-3/h12,15,20,23,49-51,55-56H,4-11,13-14,16-19,21-22,24-48H2,1-3H3,(H,54,57)/b15-12-,23-20-. The van der Waals surface area contributed by atoms with Gasteiger partial charge in [0.2, 0.25) is 5.91 Å². The second-order valence-electron chi connectivity index (χ2n) is 17.9. The Labute approximate surface area is 367 Å². The number of carbonyl (C=O) groups is 2. The fourth-order valence-electron chi connectivity index (χ4n) is 8.02. The zero-order chi connectivity index (χ0) is 43.1. The lowest BCUT2D eigenvalue weighted by Crippen LogP contribution is -2.46. The van der Waals surface area contributed by atoms with E-state index in [2.05, 4.69) is 50.4 Å². The Morgan fingerprint density at radius 3 is 1.29 bits per heavy atom. The van der Waals surface area contributed by atoms with Crippen molar-refractivity contribution in [3.05, 3.63) is 24.3 Å². The molecule has 0 aliphatic carbocycles. The van der Waals surface area contributed by atoms with Crippen LogP contribution in [0.4, 0.5) is 0 Å². The highest BCUT2D eigenvalue weighted by atomic mass is 16.5. The molecule has 3 N–H and O–H groups in total. The molecule has 0 fully saturated rings. The predicted molar refractivity (Wildman–Crippen MR) is 255 cm³/mol. The number of rotatable bonds is 47. The van der Waals surface area contributed by atoms with Crippen LogP contribution in [0.1, 0.15) is 278 Å². The number of nitrogens with one attached hydrogen (secondary N) is 1. The zero-order valence-corrected chi connectivity index (χ0v) is 39.7. The van der Waals surface area contributed by atoms with Crippen LogP contribution in [0.5, 0.6) is 0 Å². The number of aliphatic hydroxyl groups excluding tert-OH is 2. The molecule has 6 nitrogen and oxygen atoms in total. The van der Waals surface area contributed by atoms with Crippen molar-refractivity contribution < 1.29 is 24.5 Å². The molecule has 0 saturated carbocycles. The van der Waals surface area contributed by atoms with E-state index in [9.17, 15) is 19.8 Å². The van der Waals surface area contributed by atoms with Crippen molar-refractivity contribution in [2.24, 2.45) is 0 Å². The van der Waals surface area contributed by atoms with Crippen LogP contribution in [0.25, 0.3) is 0 Å². The average Bonchev–Trinajstić information content (AvgIpc) is 3.23. The fraction of sp³-hybridized carbons (Fsp3) is 0.887. The van der Waals surface area contributed by atoms with Crippen LogP contribution in [-0.4, -0.2) is 46.9 Å². The summed E-state index contributed by atoms with van der Waals surface area (Å²) in [6, 6.07) is -0.701.